The van der Waals surface area contributed by atoms with Gasteiger partial charge in [0.1, 0.15) is 12.4 Å². The first-order valence-corrected chi connectivity index (χ1v) is 6.13. The van der Waals surface area contributed by atoms with Crippen LogP contribution in [0.25, 0.3) is 0 Å². The Hall–Kier alpha value is -1.74. The topological polar surface area (TPSA) is 31.4 Å². The lowest BCUT2D eigenvalue weighted by molar-refractivity contribution is 0.298. The summed E-state index contributed by atoms with van der Waals surface area (Å²) in [6, 6.07) is 13.3. The fraction of sp³-hybridized carbons (Fsp3) is 0.214. The molecule has 0 aliphatic heterocycles. The normalized spacial score (nSPS) is 10.1. The van der Waals surface area contributed by atoms with Crippen molar-refractivity contribution in [1.82, 2.24) is 4.98 Å². The lowest BCUT2D eigenvalue weighted by Gasteiger charge is -2.07. The minimum absolute atomic E-state index is 0.414. The molecule has 0 radical (unpaired) electrons. The quantitative estimate of drug-likeness (QED) is 0.775. The monoisotopic (exact) mass is 263 g/mol. The van der Waals surface area contributed by atoms with Crippen molar-refractivity contribution in [2.75, 3.05) is 7.11 Å². The highest BCUT2D eigenvalue weighted by Gasteiger charge is 1.99. The van der Waals surface area contributed by atoms with Crippen LogP contribution in [0.2, 0.25) is 0 Å². The van der Waals surface area contributed by atoms with Crippen LogP contribution in [0.1, 0.15) is 11.3 Å². The second kappa shape index (κ2) is 6.26. The van der Waals surface area contributed by atoms with E-state index in [9.17, 15) is 0 Å². The molecule has 0 aliphatic rings. The van der Waals surface area contributed by atoms with Gasteiger partial charge in [-0.05, 0) is 23.8 Å². The third-order valence-electron chi connectivity index (χ3n) is 2.45. The summed E-state index contributed by atoms with van der Waals surface area (Å²) in [5.74, 6) is 1.90. The van der Waals surface area contributed by atoms with Gasteiger partial charge in [0.15, 0.2) is 0 Å². The first kappa shape index (κ1) is 12.7. The number of halogens is 1. The second-order valence-electron chi connectivity index (χ2n) is 3.74. The van der Waals surface area contributed by atoms with Crippen LogP contribution >= 0.6 is 11.6 Å². The van der Waals surface area contributed by atoms with Gasteiger partial charge in [0, 0.05) is 11.9 Å². The lowest BCUT2D eigenvalue weighted by Crippen LogP contribution is -1.99. The molecule has 0 atom stereocenters. The molecule has 18 heavy (non-hydrogen) atoms. The molecule has 0 aliphatic carbocycles. The summed E-state index contributed by atoms with van der Waals surface area (Å²) >= 11 is 5.72. The van der Waals surface area contributed by atoms with E-state index >= 15 is 0 Å². The van der Waals surface area contributed by atoms with Crippen molar-refractivity contribution in [3.05, 3.63) is 53.7 Å². The number of ether oxygens (including phenoxy) is 2. The number of rotatable bonds is 5. The summed E-state index contributed by atoms with van der Waals surface area (Å²) in [4.78, 5) is 4.27. The van der Waals surface area contributed by atoms with Crippen LogP contribution in [-0.2, 0) is 12.5 Å². The molecule has 0 unspecified atom stereocenters. The molecule has 0 spiro atoms. The predicted octanol–water partition coefficient (Wildman–Crippen LogP) is 3.41. The van der Waals surface area contributed by atoms with Gasteiger partial charge < -0.3 is 9.47 Å². The number of methoxy groups -OCH3 is 1. The molecule has 94 valence electrons. The van der Waals surface area contributed by atoms with Crippen LogP contribution in [0.5, 0.6) is 11.6 Å². The Labute approximate surface area is 111 Å². The average Bonchev–Trinajstić information content (AvgIpc) is 2.46. The van der Waals surface area contributed by atoms with Gasteiger partial charge in [-0.3, -0.25) is 0 Å². The molecule has 1 aromatic carbocycles. The zero-order chi connectivity index (χ0) is 12.8. The van der Waals surface area contributed by atoms with Gasteiger partial charge >= 0.3 is 0 Å². The Kier molecular flexibility index (Phi) is 4.42. The zero-order valence-electron chi connectivity index (χ0n) is 10.1. The molecule has 2 aromatic rings. The standard InChI is InChI=1S/C14H14ClNO2/c1-17-14-4-2-3-12(16-14)10-18-13-7-5-11(9-15)6-8-13/h2-8H,9-10H2,1H3. The Morgan fingerprint density at radius 2 is 1.89 bits per heavy atom. The maximum Gasteiger partial charge on any atom is 0.213 e. The molecular weight excluding hydrogens is 250 g/mol. The van der Waals surface area contributed by atoms with Crippen LogP contribution in [0, 0.1) is 0 Å². The molecule has 0 N–H and O–H groups in total. The Morgan fingerprint density at radius 3 is 2.56 bits per heavy atom. The summed E-state index contributed by atoms with van der Waals surface area (Å²) < 4.78 is 10.7. The van der Waals surface area contributed by atoms with Crippen LogP contribution < -0.4 is 9.47 Å². The van der Waals surface area contributed by atoms with Gasteiger partial charge in [0.2, 0.25) is 5.88 Å². The first-order chi connectivity index (χ1) is 8.81. The van der Waals surface area contributed by atoms with Crippen molar-refractivity contribution in [3.8, 4) is 11.6 Å². The smallest absolute Gasteiger partial charge is 0.213 e. The summed E-state index contributed by atoms with van der Waals surface area (Å²) in [5.41, 5.74) is 1.90. The van der Waals surface area contributed by atoms with Crippen molar-refractivity contribution in [3.63, 3.8) is 0 Å². The molecule has 0 fully saturated rings. The van der Waals surface area contributed by atoms with E-state index in [2.05, 4.69) is 4.98 Å². The van der Waals surface area contributed by atoms with Crippen molar-refractivity contribution >= 4 is 11.6 Å². The molecule has 2 rings (SSSR count). The lowest BCUT2D eigenvalue weighted by atomic mass is 10.2. The molecule has 0 saturated heterocycles. The number of aromatic nitrogens is 1. The number of pyridine rings is 1. The van der Waals surface area contributed by atoms with Gasteiger partial charge in [-0.15, -0.1) is 11.6 Å². The van der Waals surface area contributed by atoms with Crippen LogP contribution in [0.3, 0.4) is 0 Å². The van der Waals surface area contributed by atoms with Crippen molar-refractivity contribution in [1.29, 1.82) is 0 Å². The van der Waals surface area contributed by atoms with E-state index in [1.54, 1.807) is 13.2 Å². The van der Waals surface area contributed by atoms with Crippen molar-refractivity contribution in [2.24, 2.45) is 0 Å². The summed E-state index contributed by atoms with van der Waals surface area (Å²) in [6.07, 6.45) is 0. The third-order valence-corrected chi connectivity index (χ3v) is 2.76. The molecule has 3 nitrogen and oxygen atoms in total. The van der Waals surface area contributed by atoms with E-state index in [-0.39, 0.29) is 0 Å². The molecule has 0 bridgehead atoms. The average molecular weight is 264 g/mol. The Morgan fingerprint density at radius 1 is 1.11 bits per heavy atom. The van der Waals surface area contributed by atoms with E-state index < -0.39 is 0 Å². The Bertz CT molecular complexity index is 499. The van der Waals surface area contributed by atoms with E-state index in [1.807, 2.05) is 36.4 Å². The van der Waals surface area contributed by atoms with E-state index in [0.29, 0.717) is 18.4 Å². The zero-order valence-corrected chi connectivity index (χ0v) is 10.9. The summed E-state index contributed by atoms with van der Waals surface area (Å²) in [5, 5.41) is 0. The van der Waals surface area contributed by atoms with Gasteiger partial charge in [-0.1, -0.05) is 18.2 Å². The summed E-state index contributed by atoms with van der Waals surface area (Å²) in [7, 11) is 1.60. The molecule has 1 heterocycles. The second-order valence-corrected chi connectivity index (χ2v) is 4.00. The minimum Gasteiger partial charge on any atom is -0.487 e. The van der Waals surface area contributed by atoms with Gasteiger partial charge in [-0.2, -0.15) is 0 Å². The fourth-order valence-electron chi connectivity index (χ4n) is 1.48. The van der Waals surface area contributed by atoms with Crippen molar-refractivity contribution < 1.29 is 9.47 Å². The highest BCUT2D eigenvalue weighted by atomic mass is 35.5. The van der Waals surface area contributed by atoms with Crippen LogP contribution in [0.4, 0.5) is 0 Å². The van der Waals surface area contributed by atoms with Gasteiger partial charge in [0.25, 0.3) is 0 Å². The maximum absolute atomic E-state index is 5.72. The SMILES string of the molecule is COc1cccc(COc2ccc(CCl)cc2)n1. The molecular formula is C14H14ClNO2. The number of nitrogens with zero attached hydrogens (tertiary/aromatic N) is 1. The van der Waals surface area contributed by atoms with Gasteiger partial charge in [0.05, 0.1) is 12.8 Å². The van der Waals surface area contributed by atoms with E-state index in [4.69, 9.17) is 21.1 Å². The number of hydrogen-bond acceptors (Lipinski definition) is 3. The number of alkyl halides is 1. The van der Waals surface area contributed by atoms with Crippen LogP contribution in [0.15, 0.2) is 42.5 Å². The minimum atomic E-state index is 0.414. The largest absolute Gasteiger partial charge is 0.487 e. The first-order valence-electron chi connectivity index (χ1n) is 5.59. The highest BCUT2D eigenvalue weighted by Crippen LogP contribution is 2.15. The van der Waals surface area contributed by atoms with Crippen molar-refractivity contribution in [2.45, 2.75) is 12.5 Å². The highest BCUT2D eigenvalue weighted by molar-refractivity contribution is 6.17. The van der Waals surface area contributed by atoms with E-state index in [1.165, 1.54) is 0 Å². The molecule has 0 amide bonds. The third kappa shape index (κ3) is 3.37. The van der Waals surface area contributed by atoms with Crippen LogP contribution in [-0.4, -0.2) is 12.1 Å². The Balaban J connectivity index is 1.97. The predicted molar refractivity (Wildman–Crippen MR) is 71.1 cm³/mol. The number of hydrogen-bond donors (Lipinski definition) is 0. The van der Waals surface area contributed by atoms with Gasteiger partial charge in [-0.25, -0.2) is 4.98 Å². The summed E-state index contributed by atoms with van der Waals surface area (Å²) in [6.45, 7) is 0.414. The fourth-order valence-corrected chi connectivity index (χ4v) is 1.66. The van der Waals surface area contributed by atoms with E-state index in [0.717, 1.165) is 17.0 Å². The molecule has 4 heteroatoms. The maximum atomic E-state index is 5.72. The molecule has 1 aromatic heterocycles. The number of benzene rings is 1. The molecule has 0 saturated carbocycles.